The number of benzene rings is 2. The van der Waals surface area contributed by atoms with Crippen molar-refractivity contribution in [1.82, 2.24) is 8.75 Å². The molecule has 0 atom stereocenters. The Morgan fingerprint density at radius 3 is 2.86 bits per heavy atom. The lowest BCUT2D eigenvalue weighted by molar-refractivity contribution is -0.118. The van der Waals surface area contributed by atoms with Gasteiger partial charge >= 0.3 is 0 Å². The van der Waals surface area contributed by atoms with Gasteiger partial charge in [-0.3, -0.25) is 4.79 Å². The molecule has 0 aliphatic carbocycles. The highest BCUT2D eigenvalue weighted by molar-refractivity contribution is 7.00. The van der Waals surface area contributed by atoms with E-state index in [4.69, 9.17) is 16.3 Å². The predicted octanol–water partition coefficient (Wildman–Crippen LogP) is 3.36. The minimum Gasteiger partial charge on any atom is -0.482 e. The summed E-state index contributed by atoms with van der Waals surface area (Å²) in [6, 6.07) is 12.4. The maximum Gasteiger partial charge on any atom is 0.262 e. The number of rotatable bonds is 4. The molecule has 106 valence electrons. The summed E-state index contributed by atoms with van der Waals surface area (Å²) in [5, 5.41) is 3.22. The third kappa shape index (κ3) is 3.29. The van der Waals surface area contributed by atoms with Crippen molar-refractivity contribution in [3.63, 3.8) is 0 Å². The summed E-state index contributed by atoms with van der Waals surface area (Å²) in [4.78, 5) is 11.9. The van der Waals surface area contributed by atoms with Crippen LogP contribution < -0.4 is 10.1 Å². The van der Waals surface area contributed by atoms with E-state index < -0.39 is 0 Å². The van der Waals surface area contributed by atoms with Gasteiger partial charge < -0.3 is 10.1 Å². The van der Waals surface area contributed by atoms with Gasteiger partial charge in [0.2, 0.25) is 0 Å². The van der Waals surface area contributed by atoms with Gasteiger partial charge in [0.15, 0.2) is 6.61 Å². The number of hydrogen-bond acceptors (Lipinski definition) is 5. The quantitative estimate of drug-likeness (QED) is 0.801. The lowest BCUT2D eigenvalue weighted by atomic mass is 10.3. The number of anilines is 1. The van der Waals surface area contributed by atoms with Crippen molar-refractivity contribution in [3.05, 3.63) is 47.5 Å². The molecule has 1 aromatic heterocycles. The minimum absolute atomic E-state index is 0.114. The number of amides is 1. The van der Waals surface area contributed by atoms with Gasteiger partial charge in [0, 0.05) is 5.69 Å². The van der Waals surface area contributed by atoms with Crippen LogP contribution in [0.25, 0.3) is 11.0 Å². The second-order valence-electron chi connectivity index (χ2n) is 4.23. The zero-order valence-electron chi connectivity index (χ0n) is 10.7. The highest BCUT2D eigenvalue weighted by Gasteiger charge is 2.07. The van der Waals surface area contributed by atoms with Crippen LogP contribution in [0.4, 0.5) is 5.69 Å². The smallest absolute Gasteiger partial charge is 0.262 e. The van der Waals surface area contributed by atoms with E-state index >= 15 is 0 Å². The van der Waals surface area contributed by atoms with Crippen LogP contribution in [0.3, 0.4) is 0 Å². The molecule has 3 aromatic rings. The van der Waals surface area contributed by atoms with E-state index in [0.29, 0.717) is 16.5 Å². The summed E-state index contributed by atoms with van der Waals surface area (Å²) in [7, 11) is 0. The number of nitrogens with one attached hydrogen (secondary N) is 1. The predicted molar refractivity (Wildman–Crippen MR) is 83.0 cm³/mol. The van der Waals surface area contributed by atoms with Gasteiger partial charge in [-0.05, 0) is 30.3 Å². The van der Waals surface area contributed by atoms with Gasteiger partial charge in [0.1, 0.15) is 16.8 Å². The minimum atomic E-state index is -0.266. The molecule has 0 aliphatic heterocycles. The van der Waals surface area contributed by atoms with Crippen molar-refractivity contribution in [1.29, 1.82) is 0 Å². The lowest BCUT2D eigenvalue weighted by Gasteiger charge is -2.08. The first-order valence-corrected chi connectivity index (χ1v) is 7.23. The maximum atomic E-state index is 11.9. The molecule has 0 saturated carbocycles. The van der Waals surface area contributed by atoms with Gasteiger partial charge in [0.05, 0.1) is 16.8 Å². The molecule has 0 saturated heterocycles. The molecule has 1 N–H and O–H groups in total. The van der Waals surface area contributed by atoms with Crippen LogP contribution in [0.5, 0.6) is 5.75 Å². The summed E-state index contributed by atoms with van der Waals surface area (Å²) in [6.07, 6.45) is 0. The first-order valence-electron chi connectivity index (χ1n) is 6.12. The second kappa shape index (κ2) is 6.07. The van der Waals surface area contributed by atoms with Gasteiger partial charge in [-0.1, -0.05) is 23.7 Å². The SMILES string of the molecule is O=C(COc1ccccc1Cl)Nc1ccc2nsnc2c1. The Kier molecular flexibility index (Phi) is 3.98. The molecular weight excluding hydrogens is 310 g/mol. The number of nitrogens with zero attached hydrogens (tertiary/aromatic N) is 2. The zero-order valence-corrected chi connectivity index (χ0v) is 12.3. The standard InChI is InChI=1S/C14H10ClN3O2S/c15-10-3-1-2-4-13(10)20-8-14(19)16-9-5-6-11-12(7-9)18-21-17-11/h1-7H,8H2,(H,16,19). The number of hydrogen-bond donors (Lipinski definition) is 1. The number of aromatic nitrogens is 2. The van der Waals surface area contributed by atoms with Crippen LogP contribution in [0.2, 0.25) is 5.02 Å². The Hall–Kier alpha value is -2.18. The normalized spacial score (nSPS) is 10.5. The monoisotopic (exact) mass is 319 g/mol. The number of ether oxygens (including phenoxy) is 1. The summed E-state index contributed by atoms with van der Waals surface area (Å²) in [5.41, 5.74) is 2.22. The average Bonchev–Trinajstić information content (AvgIpc) is 2.94. The Morgan fingerprint density at radius 1 is 1.19 bits per heavy atom. The molecular formula is C14H10ClN3O2S. The fourth-order valence-electron chi connectivity index (χ4n) is 1.76. The molecule has 2 aromatic carbocycles. The van der Waals surface area contributed by atoms with Crippen LogP contribution in [0.1, 0.15) is 0 Å². The van der Waals surface area contributed by atoms with Crippen molar-refractivity contribution >= 4 is 46.0 Å². The van der Waals surface area contributed by atoms with Crippen LogP contribution in [0, 0.1) is 0 Å². The van der Waals surface area contributed by atoms with Crippen molar-refractivity contribution in [3.8, 4) is 5.75 Å². The molecule has 0 radical (unpaired) electrons. The number of para-hydroxylation sites is 1. The van der Waals surface area contributed by atoms with E-state index in [2.05, 4.69) is 14.1 Å². The molecule has 0 unspecified atom stereocenters. The van der Waals surface area contributed by atoms with Crippen LogP contribution in [-0.4, -0.2) is 21.3 Å². The van der Waals surface area contributed by atoms with Gasteiger partial charge in [0.25, 0.3) is 5.91 Å². The van der Waals surface area contributed by atoms with Crippen molar-refractivity contribution in [2.75, 3.05) is 11.9 Å². The molecule has 0 aliphatic rings. The van der Waals surface area contributed by atoms with Crippen LogP contribution in [0.15, 0.2) is 42.5 Å². The summed E-state index contributed by atoms with van der Waals surface area (Å²) in [6.45, 7) is -0.114. The van der Waals surface area contributed by atoms with Gasteiger partial charge in [-0.2, -0.15) is 8.75 Å². The number of carbonyl (C=O) groups is 1. The molecule has 1 amide bonds. The molecule has 0 fully saturated rings. The highest BCUT2D eigenvalue weighted by atomic mass is 35.5. The Morgan fingerprint density at radius 2 is 2.00 bits per heavy atom. The lowest BCUT2D eigenvalue weighted by Crippen LogP contribution is -2.20. The Labute approximate surface area is 129 Å². The van der Waals surface area contributed by atoms with Gasteiger partial charge in [-0.15, -0.1) is 0 Å². The number of halogens is 1. The van der Waals surface area contributed by atoms with Crippen LogP contribution in [-0.2, 0) is 4.79 Å². The maximum absolute atomic E-state index is 11.9. The highest BCUT2D eigenvalue weighted by Crippen LogP contribution is 2.23. The molecule has 5 nitrogen and oxygen atoms in total. The van der Waals surface area contributed by atoms with E-state index in [9.17, 15) is 4.79 Å². The summed E-state index contributed by atoms with van der Waals surface area (Å²) in [5.74, 6) is 0.214. The summed E-state index contributed by atoms with van der Waals surface area (Å²) < 4.78 is 13.6. The van der Waals surface area contributed by atoms with E-state index in [1.54, 1.807) is 36.4 Å². The first-order chi connectivity index (χ1) is 10.2. The molecule has 3 rings (SSSR count). The first kappa shape index (κ1) is 13.8. The van der Waals surface area contributed by atoms with E-state index in [-0.39, 0.29) is 12.5 Å². The van der Waals surface area contributed by atoms with Gasteiger partial charge in [-0.25, -0.2) is 0 Å². The third-order valence-corrected chi connectivity index (χ3v) is 3.60. The Bertz CT molecular complexity index is 790. The fraction of sp³-hybridized carbons (Fsp3) is 0.0714. The van der Waals surface area contributed by atoms with Crippen molar-refractivity contribution in [2.24, 2.45) is 0 Å². The molecule has 0 spiro atoms. The molecule has 1 heterocycles. The largest absolute Gasteiger partial charge is 0.482 e. The second-order valence-corrected chi connectivity index (χ2v) is 5.17. The van der Waals surface area contributed by atoms with Crippen molar-refractivity contribution < 1.29 is 9.53 Å². The van der Waals surface area contributed by atoms with E-state index in [0.717, 1.165) is 22.8 Å². The number of carbonyl (C=O) groups excluding carboxylic acids is 1. The zero-order chi connectivity index (χ0) is 14.7. The average molecular weight is 320 g/mol. The van der Waals surface area contributed by atoms with Crippen molar-refractivity contribution in [2.45, 2.75) is 0 Å². The van der Waals surface area contributed by atoms with Crippen LogP contribution >= 0.6 is 23.3 Å². The molecule has 0 bridgehead atoms. The topological polar surface area (TPSA) is 64.1 Å². The third-order valence-electron chi connectivity index (χ3n) is 2.73. The number of fused-ring (bicyclic) bond motifs is 1. The fourth-order valence-corrected chi connectivity index (χ4v) is 2.47. The molecule has 21 heavy (non-hydrogen) atoms. The molecule has 7 heteroatoms. The van der Waals surface area contributed by atoms with E-state index in [1.165, 1.54) is 0 Å². The summed E-state index contributed by atoms with van der Waals surface area (Å²) >= 11 is 7.09. The Balaban J connectivity index is 1.62. The van der Waals surface area contributed by atoms with E-state index in [1.807, 2.05) is 6.07 Å².